The molecular weight excluding hydrogens is 398 g/mol. The Morgan fingerprint density at radius 2 is 1.87 bits per heavy atom. The van der Waals surface area contributed by atoms with E-state index in [1.807, 2.05) is 6.92 Å². The summed E-state index contributed by atoms with van der Waals surface area (Å²) in [5, 5.41) is 1.02. The van der Waals surface area contributed by atoms with Crippen LogP contribution < -0.4 is 15.1 Å². The molecule has 0 spiro atoms. The van der Waals surface area contributed by atoms with Crippen molar-refractivity contribution in [1.82, 2.24) is 10.4 Å². The fourth-order valence-electron chi connectivity index (χ4n) is 3.30. The van der Waals surface area contributed by atoms with E-state index in [4.69, 9.17) is 4.74 Å². The Bertz CT molecular complexity index is 992. The zero-order chi connectivity index (χ0) is 22.5. The second-order valence-electron chi connectivity index (χ2n) is 7.31. The van der Waals surface area contributed by atoms with Gasteiger partial charge in [-0.2, -0.15) is 0 Å². The van der Waals surface area contributed by atoms with Crippen LogP contribution in [-0.2, 0) is 14.4 Å². The second kappa shape index (κ2) is 9.42. The predicted octanol–water partition coefficient (Wildman–Crippen LogP) is 2.55. The van der Waals surface area contributed by atoms with Crippen molar-refractivity contribution in [1.29, 1.82) is 0 Å². The van der Waals surface area contributed by atoms with E-state index >= 15 is 0 Å². The van der Waals surface area contributed by atoms with Crippen molar-refractivity contribution in [2.75, 3.05) is 12.0 Å². The molecule has 0 radical (unpaired) electrons. The van der Waals surface area contributed by atoms with Gasteiger partial charge in [-0.05, 0) is 30.7 Å². The molecule has 2 aromatic rings. The van der Waals surface area contributed by atoms with Crippen molar-refractivity contribution in [3.8, 4) is 5.75 Å². The van der Waals surface area contributed by atoms with Gasteiger partial charge < -0.3 is 4.74 Å². The first-order chi connectivity index (χ1) is 14.9. The van der Waals surface area contributed by atoms with Crippen LogP contribution in [0.1, 0.15) is 37.0 Å². The van der Waals surface area contributed by atoms with Crippen molar-refractivity contribution in [3.63, 3.8) is 0 Å². The van der Waals surface area contributed by atoms with Crippen LogP contribution in [0, 0.1) is 5.92 Å². The fourth-order valence-corrected chi connectivity index (χ4v) is 3.30. The molecule has 31 heavy (non-hydrogen) atoms. The number of hydrazine groups is 1. The molecule has 1 saturated heterocycles. The van der Waals surface area contributed by atoms with E-state index in [0.717, 1.165) is 9.91 Å². The van der Waals surface area contributed by atoms with Gasteiger partial charge in [-0.1, -0.05) is 38.1 Å². The van der Waals surface area contributed by atoms with Gasteiger partial charge in [0.25, 0.3) is 11.8 Å². The number of amides is 4. The van der Waals surface area contributed by atoms with Crippen molar-refractivity contribution < 1.29 is 23.9 Å². The number of carbonyl (C=O) groups is 4. The van der Waals surface area contributed by atoms with Crippen LogP contribution in [0.15, 0.2) is 54.6 Å². The summed E-state index contributed by atoms with van der Waals surface area (Å²) in [7, 11) is 1.49. The van der Waals surface area contributed by atoms with E-state index in [1.54, 1.807) is 61.5 Å². The third-order valence-corrected chi connectivity index (χ3v) is 5.28. The Labute approximate surface area is 180 Å². The Kier molecular flexibility index (Phi) is 6.69. The Morgan fingerprint density at radius 1 is 1.16 bits per heavy atom. The fraction of sp³-hybridized carbons (Fsp3) is 0.304. The maximum absolute atomic E-state index is 13.2. The molecule has 3 rings (SSSR count). The van der Waals surface area contributed by atoms with Crippen LogP contribution in [-0.4, -0.2) is 41.8 Å². The summed E-state index contributed by atoms with van der Waals surface area (Å²) in [5.41, 5.74) is 3.24. The molecule has 0 saturated carbocycles. The number of ether oxygens (including phenoxy) is 1. The largest absolute Gasteiger partial charge is 0.497 e. The number of anilines is 1. The Balaban J connectivity index is 1.91. The average molecular weight is 423 g/mol. The van der Waals surface area contributed by atoms with Gasteiger partial charge in [-0.25, -0.2) is 9.91 Å². The highest BCUT2D eigenvalue weighted by Crippen LogP contribution is 2.28. The molecule has 0 aliphatic carbocycles. The first kappa shape index (κ1) is 22.0. The minimum absolute atomic E-state index is 0.229. The van der Waals surface area contributed by atoms with E-state index in [-0.39, 0.29) is 6.42 Å². The normalized spacial score (nSPS) is 16.7. The molecule has 8 heteroatoms. The molecule has 2 aromatic carbocycles. The maximum atomic E-state index is 13.2. The monoisotopic (exact) mass is 423 g/mol. The number of carbonyl (C=O) groups excluding carboxylic acids is 4. The smallest absolute Gasteiger partial charge is 0.269 e. The molecule has 1 aliphatic heterocycles. The van der Waals surface area contributed by atoms with Gasteiger partial charge in [0.2, 0.25) is 11.8 Å². The van der Waals surface area contributed by atoms with Crippen molar-refractivity contribution >= 4 is 29.3 Å². The topological polar surface area (TPSA) is 96.0 Å². The summed E-state index contributed by atoms with van der Waals surface area (Å²) in [5.74, 6) is -1.94. The van der Waals surface area contributed by atoms with E-state index in [0.29, 0.717) is 23.4 Å². The van der Waals surface area contributed by atoms with Gasteiger partial charge in [-0.15, -0.1) is 0 Å². The quantitative estimate of drug-likeness (QED) is 0.569. The zero-order valence-electron chi connectivity index (χ0n) is 17.7. The van der Waals surface area contributed by atoms with Gasteiger partial charge in [0.1, 0.15) is 11.8 Å². The lowest BCUT2D eigenvalue weighted by Gasteiger charge is -2.30. The van der Waals surface area contributed by atoms with Gasteiger partial charge >= 0.3 is 0 Å². The number of benzene rings is 2. The number of methoxy groups -OCH3 is 1. The van der Waals surface area contributed by atoms with Gasteiger partial charge in [-0.3, -0.25) is 24.6 Å². The molecule has 1 fully saturated rings. The lowest BCUT2D eigenvalue weighted by molar-refractivity contribution is -0.144. The SMILES string of the molecule is CC[C@@H](C)C(=O)N(NC(=O)c1ccccc1)[C@@H]1CC(=O)N(c2cccc(OC)c2)C1=O. The maximum Gasteiger partial charge on any atom is 0.269 e. The summed E-state index contributed by atoms with van der Waals surface area (Å²) >= 11 is 0. The number of nitrogens with one attached hydrogen (secondary N) is 1. The van der Waals surface area contributed by atoms with E-state index in [1.165, 1.54) is 7.11 Å². The first-order valence-electron chi connectivity index (χ1n) is 10.1. The van der Waals surface area contributed by atoms with Crippen LogP contribution in [0.25, 0.3) is 0 Å². The molecule has 1 aliphatic rings. The molecule has 162 valence electrons. The average Bonchev–Trinajstić information content (AvgIpc) is 3.10. The second-order valence-corrected chi connectivity index (χ2v) is 7.31. The summed E-state index contributed by atoms with van der Waals surface area (Å²) in [6.45, 7) is 3.55. The van der Waals surface area contributed by atoms with Gasteiger partial charge in [0.05, 0.1) is 19.2 Å². The molecule has 8 nitrogen and oxygen atoms in total. The van der Waals surface area contributed by atoms with Gasteiger partial charge in [0, 0.05) is 17.5 Å². The molecule has 1 heterocycles. The lowest BCUT2D eigenvalue weighted by Crippen LogP contribution is -2.56. The standard InChI is InChI=1S/C23H25N3O5/c1-4-15(2)22(29)26(24-21(28)16-9-6-5-7-10-16)19-14-20(27)25(23(19)30)17-11-8-12-18(13-17)31-3/h5-13,15,19H,4,14H2,1-3H3,(H,24,28)/t15-,19-/m1/s1. The highest BCUT2D eigenvalue weighted by molar-refractivity contribution is 6.23. The van der Waals surface area contributed by atoms with E-state index in [2.05, 4.69) is 5.43 Å². The first-order valence-corrected chi connectivity index (χ1v) is 10.1. The predicted molar refractivity (Wildman–Crippen MR) is 114 cm³/mol. The van der Waals surface area contributed by atoms with Gasteiger partial charge in [0.15, 0.2) is 0 Å². The van der Waals surface area contributed by atoms with Crippen LogP contribution in [0.5, 0.6) is 5.75 Å². The third-order valence-electron chi connectivity index (χ3n) is 5.28. The van der Waals surface area contributed by atoms with E-state index in [9.17, 15) is 19.2 Å². The molecule has 1 N–H and O–H groups in total. The zero-order valence-corrected chi connectivity index (χ0v) is 17.7. The summed E-state index contributed by atoms with van der Waals surface area (Å²) < 4.78 is 5.17. The highest BCUT2D eigenvalue weighted by atomic mass is 16.5. The Hall–Kier alpha value is -3.68. The molecule has 0 bridgehead atoms. The summed E-state index contributed by atoms with van der Waals surface area (Å²) in [6, 6.07) is 13.8. The number of rotatable bonds is 6. The van der Waals surface area contributed by atoms with Crippen molar-refractivity contribution in [2.24, 2.45) is 5.92 Å². The molecule has 2 atom stereocenters. The van der Waals surface area contributed by atoms with Crippen LogP contribution in [0.2, 0.25) is 0 Å². The minimum atomic E-state index is -1.13. The number of imide groups is 1. The summed E-state index contributed by atoms with van der Waals surface area (Å²) in [4.78, 5) is 52.7. The summed E-state index contributed by atoms with van der Waals surface area (Å²) in [6.07, 6.45) is 0.290. The minimum Gasteiger partial charge on any atom is -0.497 e. The number of nitrogens with zero attached hydrogens (tertiary/aromatic N) is 2. The third kappa shape index (κ3) is 4.58. The van der Waals surface area contributed by atoms with Crippen molar-refractivity contribution in [2.45, 2.75) is 32.7 Å². The molecule has 4 amide bonds. The van der Waals surface area contributed by atoms with Crippen LogP contribution in [0.3, 0.4) is 0 Å². The van der Waals surface area contributed by atoms with Crippen LogP contribution >= 0.6 is 0 Å². The number of hydrogen-bond acceptors (Lipinski definition) is 5. The molecule has 0 aromatic heterocycles. The Morgan fingerprint density at radius 3 is 2.52 bits per heavy atom. The van der Waals surface area contributed by atoms with E-state index < -0.39 is 35.6 Å². The lowest BCUT2D eigenvalue weighted by atomic mass is 10.1. The number of hydrogen-bond donors (Lipinski definition) is 1. The molecule has 0 unspecified atom stereocenters. The molecular formula is C23H25N3O5. The van der Waals surface area contributed by atoms with Crippen molar-refractivity contribution in [3.05, 3.63) is 60.2 Å². The van der Waals surface area contributed by atoms with Crippen LogP contribution in [0.4, 0.5) is 5.69 Å². The highest BCUT2D eigenvalue weighted by Gasteiger charge is 2.46.